The molecule has 1 aliphatic heterocycles. The molecule has 2 aliphatic carbocycles. The Bertz CT molecular complexity index is 232. The summed E-state index contributed by atoms with van der Waals surface area (Å²) in [5.41, 5.74) is 0. The quantitative estimate of drug-likeness (QED) is 0.701. The summed E-state index contributed by atoms with van der Waals surface area (Å²) in [6.07, 6.45) is 10.5. The molecule has 1 N–H and O–H groups in total. The average molecular weight is 209 g/mol. The maximum absolute atomic E-state index is 3.88. The molecule has 0 aromatic rings. The number of thioether (sulfide) groups is 1. The van der Waals surface area contributed by atoms with Gasteiger partial charge in [-0.15, -0.1) is 0 Å². The molecule has 2 fully saturated rings. The van der Waals surface area contributed by atoms with Crippen LogP contribution in [0.25, 0.3) is 0 Å². The van der Waals surface area contributed by atoms with E-state index in [1.165, 1.54) is 37.2 Å². The van der Waals surface area contributed by atoms with Crippen LogP contribution in [-0.2, 0) is 0 Å². The second-order valence-electron chi connectivity index (χ2n) is 4.97. The van der Waals surface area contributed by atoms with Gasteiger partial charge in [-0.25, -0.2) is 0 Å². The Hall–Kier alpha value is 0.0500. The molecule has 1 heterocycles. The molecule has 78 valence electrons. The first-order chi connectivity index (χ1) is 6.92. The lowest BCUT2D eigenvalue weighted by atomic mass is 10.00. The molecule has 1 nitrogen and oxygen atoms in total. The fourth-order valence-corrected chi connectivity index (χ4v) is 4.23. The predicted molar refractivity (Wildman–Crippen MR) is 62.6 cm³/mol. The normalized spacial score (nSPS) is 46.0. The summed E-state index contributed by atoms with van der Waals surface area (Å²) >= 11 is 2.13. The van der Waals surface area contributed by atoms with E-state index in [1.807, 2.05) is 0 Å². The van der Waals surface area contributed by atoms with Gasteiger partial charge < -0.3 is 5.32 Å². The smallest absolute Gasteiger partial charge is 0.0161 e. The van der Waals surface area contributed by atoms with E-state index in [1.54, 1.807) is 0 Å². The Labute approximate surface area is 90.7 Å². The summed E-state index contributed by atoms with van der Waals surface area (Å²) in [4.78, 5) is 0. The highest BCUT2D eigenvalue weighted by Gasteiger charge is 2.36. The standard InChI is InChI=1S/C12H19NS/c1-2-11(8-14-5-1)13-12-7-9-3-4-10(12)6-9/h3-4,9-13H,1-2,5-8H2/t9-,10+,11?,12?/m1/s1. The lowest BCUT2D eigenvalue weighted by molar-refractivity contribution is 0.385. The van der Waals surface area contributed by atoms with Crippen molar-refractivity contribution in [1.29, 1.82) is 0 Å². The molecule has 4 atom stereocenters. The third-order valence-electron chi connectivity index (χ3n) is 3.89. The molecule has 1 saturated heterocycles. The molecule has 2 bridgehead atoms. The maximum atomic E-state index is 3.88. The molecule has 0 aromatic heterocycles. The number of nitrogens with one attached hydrogen (secondary N) is 1. The Morgan fingerprint density at radius 1 is 1.21 bits per heavy atom. The van der Waals surface area contributed by atoms with Crippen molar-refractivity contribution in [1.82, 2.24) is 5.32 Å². The van der Waals surface area contributed by atoms with E-state index in [4.69, 9.17) is 0 Å². The van der Waals surface area contributed by atoms with E-state index in [0.29, 0.717) is 0 Å². The van der Waals surface area contributed by atoms with Gasteiger partial charge in [0.25, 0.3) is 0 Å². The van der Waals surface area contributed by atoms with E-state index < -0.39 is 0 Å². The van der Waals surface area contributed by atoms with Gasteiger partial charge in [0.2, 0.25) is 0 Å². The summed E-state index contributed by atoms with van der Waals surface area (Å²) < 4.78 is 0. The highest BCUT2D eigenvalue weighted by atomic mass is 32.2. The van der Waals surface area contributed by atoms with Gasteiger partial charge in [0, 0.05) is 17.8 Å². The zero-order chi connectivity index (χ0) is 9.38. The van der Waals surface area contributed by atoms with Crippen molar-refractivity contribution in [3.05, 3.63) is 12.2 Å². The van der Waals surface area contributed by atoms with Gasteiger partial charge in [0.1, 0.15) is 0 Å². The molecule has 2 unspecified atom stereocenters. The number of rotatable bonds is 2. The summed E-state index contributed by atoms with van der Waals surface area (Å²) in [6, 6.07) is 1.63. The third-order valence-corrected chi connectivity index (χ3v) is 5.10. The molecule has 3 rings (SSSR count). The van der Waals surface area contributed by atoms with Crippen molar-refractivity contribution in [3.8, 4) is 0 Å². The van der Waals surface area contributed by atoms with E-state index >= 15 is 0 Å². The monoisotopic (exact) mass is 209 g/mol. The number of hydrogen-bond donors (Lipinski definition) is 1. The SMILES string of the molecule is C1=C[C@H]2C[C@@H]1CC2NC1CCCSC1. The molecular weight excluding hydrogens is 190 g/mol. The number of hydrogen-bond acceptors (Lipinski definition) is 2. The first kappa shape index (κ1) is 9.29. The largest absolute Gasteiger partial charge is 0.310 e. The molecule has 0 aromatic carbocycles. The molecule has 3 aliphatic rings. The van der Waals surface area contributed by atoms with Crippen LogP contribution in [0.2, 0.25) is 0 Å². The number of fused-ring (bicyclic) bond motifs is 2. The van der Waals surface area contributed by atoms with Crippen molar-refractivity contribution in [2.75, 3.05) is 11.5 Å². The topological polar surface area (TPSA) is 12.0 Å². The highest BCUT2D eigenvalue weighted by molar-refractivity contribution is 7.99. The van der Waals surface area contributed by atoms with Gasteiger partial charge in [0.05, 0.1) is 0 Å². The Balaban J connectivity index is 1.54. The lowest BCUT2D eigenvalue weighted by Crippen LogP contribution is -2.43. The van der Waals surface area contributed by atoms with Crippen LogP contribution >= 0.6 is 11.8 Å². The summed E-state index contributed by atoms with van der Waals surface area (Å²) in [5.74, 6) is 4.51. The van der Waals surface area contributed by atoms with Crippen LogP contribution in [0.5, 0.6) is 0 Å². The summed E-state index contributed by atoms with van der Waals surface area (Å²) in [6.45, 7) is 0. The zero-order valence-corrected chi connectivity index (χ0v) is 9.43. The van der Waals surface area contributed by atoms with Crippen LogP contribution in [0.1, 0.15) is 25.7 Å². The van der Waals surface area contributed by atoms with E-state index in [-0.39, 0.29) is 0 Å². The van der Waals surface area contributed by atoms with E-state index in [0.717, 1.165) is 23.9 Å². The summed E-state index contributed by atoms with van der Waals surface area (Å²) in [7, 11) is 0. The van der Waals surface area contributed by atoms with Crippen molar-refractivity contribution in [2.45, 2.75) is 37.8 Å². The molecule has 0 amide bonds. The molecule has 14 heavy (non-hydrogen) atoms. The minimum Gasteiger partial charge on any atom is -0.310 e. The van der Waals surface area contributed by atoms with E-state index in [9.17, 15) is 0 Å². The molecule has 0 spiro atoms. The maximum Gasteiger partial charge on any atom is 0.0161 e. The first-order valence-corrected chi connectivity index (χ1v) is 7.09. The second kappa shape index (κ2) is 3.90. The third kappa shape index (κ3) is 1.74. The second-order valence-corrected chi connectivity index (χ2v) is 6.12. The van der Waals surface area contributed by atoms with Gasteiger partial charge in [0.15, 0.2) is 0 Å². The van der Waals surface area contributed by atoms with Crippen LogP contribution in [0.3, 0.4) is 0 Å². The van der Waals surface area contributed by atoms with Crippen molar-refractivity contribution in [3.63, 3.8) is 0 Å². The fraction of sp³-hybridized carbons (Fsp3) is 0.833. The van der Waals surface area contributed by atoms with Gasteiger partial charge >= 0.3 is 0 Å². The number of allylic oxidation sites excluding steroid dienone is 1. The van der Waals surface area contributed by atoms with Crippen LogP contribution in [0.15, 0.2) is 12.2 Å². The van der Waals surface area contributed by atoms with Crippen molar-refractivity contribution >= 4 is 11.8 Å². The van der Waals surface area contributed by atoms with Crippen LogP contribution < -0.4 is 5.32 Å². The summed E-state index contributed by atoms with van der Waals surface area (Å²) in [5, 5.41) is 3.88. The van der Waals surface area contributed by atoms with Crippen LogP contribution in [0, 0.1) is 11.8 Å². The molecule has 0 radical (unpaired) electrons. The fourth-order valence-electron chi connectivity index (χ4n) is 3.15. The Morgan fingerprint density at radius 2 is 2.21 bits per heavy atom. The predicted octanol–water partition coefficient (Wildman–Crippen LogP) is 2.44. The Kier molecular flexibility index (Phi) is 2.59. The lowest BCUT2D eigenvalue weighted by Gasteiger charge is -2.29. The molecule has 1 saturated carbocycles. The van der Waals surface area contributed by atoms with Gasteiger partial charge in [-0.3, -0.25) is 0 Å². The minimum absolute atomic E-state index is 0.812. The van der Waals surface area contributed by atoms with Gasteiger partial charge in [-0.1, -0.05) is 12.2 Å². The average Bonchev–Trinajstić information content (AvgIpc) is 2.81. The van der Waals surface area contributed by atoms with Crippen molar-refractivity contribution in [2.24, 2.45) is 11.8 Å². The van der Waals surface area contributed by atoms with Crippen LogP contribution in [-0.4, -0.2) is 23.6 Å². The minimum atomic E-state index is 0.812. The first-order valence-electron chi connectivity index (χ1n) is 5.94. The van der Waals surface area contributed by atoms with Gasteiger partial charge in [-0.2, -0.15) is 11.8 Å². The van der Waals surface area contributed by atoms with Crippen LogP contribution in [0.4, 0.5) is 0 Å². The van der Waals surface area contributed by atoms with E-state index in [2.05, 4.69) is 29.2 Å². The van der Waals surface area contributed by atoms with Crippen molar-refractivity contribution < 1.29 is 0 Å². The molecule has 2 heteroatoms. The zero-order valence-electron chi connectivity index (χ0n) is 8.61. The Morgan fingerprint density at radius 3 is 2.86 bits per heavy atom. The van der Waals surface area contributed by atoms with Gasteiger partial charge in [-0.05, 0) is 43.3 Å². The molecular formula is C12H19NS. The highest BCUT2D eigenvalue weighted by Crippen LogP contribution is 2.39.